The summed E-state index contributed by atoms with van der Waals surface area (Å²) in [6, 6.07) is 15.8. The number of halogens is 1. The minimum atomic E-state index is 0.545. The van der Waals surface area contributed by atoms with Gasteiger partial charge in [0, 0.05) is 5.56 Å². The Bertz CT molecular complexity index is 993. The van der Waals surface area contributed by atoms with Crippen LogP contribution < -0.4 is 4.74 Å². The highest BCUT2D eigenvalue weighted by molar-refractivity contribution is 7.71. The Morgan fingerprint density at radius 1 is 1.11 bits per heavy atom. The van der Waals surface area contributed by atoms with Crippen LogP contribution in [0, 0.1) is 4.77 Å². The number of hydrogen-bond donors (Lipinski definition) is 0. The van der Waals surface area contributed by atoms with Crippen LogP contribution in [0.4, 0.5) is 0 Å². The van der Waals surface area contributed by atoms with E-state index in [0.717, 1.165) is 30.2 Å². The highest BCUT2D eigenvalue weighted by Gasteiger charge is 2.18. The van der Waals surface area contributed by atoms with Gasteiger partial charge in [-0.25, -0.2) is 4.68 Å². The Hall–Kier alpha value is -2.15. The molecule has 0 atom stereocenters. The monoisotopic (exact) mass is 400 g/mol. The molecule has 2 heterocycles. The lowest BCUT2D eigenvalue weighted by Gasteiger charge is -2.13. The van der Waals surface area contributed by atoms with Crippen molar-refractivity contribution in [1.82, 2.24) is 19.2 Å². The molecule has 1 aromatic heterocycles. The van der Waals surface area contributed by atoms with E-state index in [2.05, 4.69) is 4.90 Å². The topological polar surface area (TPSA) is 35.2 Å². The minimum absolute atomic E-state index is 0.545. The minimum Gasteiger partial charge on any atom is -0.495 e. The zero-order chi connectivity index (χ0) is 18.8. The summed E-state index contributed by atoms with van der Waals surface area (Å²) in [6.45, 7) is 2.88. The summed E-state index contributed by atoms with van der Waals surface area (Å²) in [5.41, 5.74) is 1.88. The molecule has 27 heavy (non-hydrogen) atoms. The van der Waals surface area contributed by atoms with Crippen molar-refractivity contribution in [2.45, 2.75) is 19.5 Å². The van der Waals surface area contributed by atoms with Crippen molar-refractivity contribution in [1.29, 1.82) is 0 Å². The van der Waals surface area contributed by atoms with Crippen molar-refractivity contribution < 1.29 is 4.74 Å². The maximum Gasteiger partial charge on any atom is 0.204 e. The summed E-state index contributed by atoms with van der Waals surface area (Å²) in [5.74, 6) is 1.44. The second kappa shape index (κ2) is 7.84. The average molecular weight is 401 g/mol. The molecule has 1 aliphatic rings. The summed E-state index contributed by atoms with van der Waals surface area (Å²) in [4.78, 5) is 2.38. The number of likely N-dealkylation sites (tertiary alicyclic amines) is 1. The van der Waals surface area contributed by atoms with E-state index < -0.39 is 0 Å². The largest absolute Gasteiger partial charge is 0.495 e. The maximum atomic E-state index is 6.37. The molecule has 0 unspecified atom stereocenters. The quantitative estimate of drug-likeness (QED) is 0.577. The van der Waals surface area contributed by atoms with Gasteiger partial charge in [0.1, 0.15) is 5.75 Å². The fourth-order valence-electron chi connectivity index (χ4n) is 3.41. The van der Waals surface area contributed by atoms with Gasteiger partial charge in [-0.05, 0) is 56.3 Å². The van der Waals surface area contributed by atoms with Crippen LogP contribution in [0.15, 0.2) is 48.5 Å². The van der Waals surface area contributed by atoms with E-state index in [0.29, 0.717) is 22.2 Å². The molecule has 7 heteroatoms. The predicted molar refractivity (Wildman–Crippen MR) is 110 cm³/mol. The molecule has 0 bridgehead atoms. The smallest absolute Gasteiger partial charge is 0.204 e. The Morgan fingerprint density at radius 2 is 1.85 bits per heavy atom. The third-order valence-electron chi connectivity index (χ3n) is 4.80. The molecular formula is C20H21ClN4OS. The van der Waals surface area contributed by atoms with Crippen molar-refractivity contribution in [2.75, 3.05) is 20.2 Å². The molecule has 0 N–H and O–H groups in total. The zero-order valence-corrected chi connectivity index (χ0v) is 16.7. The molecule has 0 amide bonds. The van der Waals surface area contributed by atoms with Gasteiger partial charge < -0.3 is 4.74 Å². The molecule has 140 valence electrons. The standard InChI is InChI=1S/C20H21ClN4OS/c1-26-18-10-9-16(13-17(18)21)25-19(15-7-3-2-4-8-15)22-24(20(25)27)14-23-11-5-6-12-23/h2-4,7-10,13H,5-6,11-12,14H2,1H3. The second-order valence-corrected chi connectivity index (χ2v) is 7.36. The van der Waals surface area contributed by atoms with Crippen molar-refractivity contribution in [2.24, 2.45) is 0 Å². The summed E-state index contributed by atoms with van der Waals surface area (Å²) in [6.07, 6.45) is 2.46. The van der Waals surface area contributed by atoms with Crippen LogP contribution >= 0.6 is 23.8 Å². The lowest BCUT2D eigenvalue weighted by molar-refractivity contribution is 0.253. The average Bonchev–Trinajstić information content (AvgIpc) is 3.31. The van der Waals surface area contributed by atoms with Gasteiger partial charge in [-0.3, -0.25) is 9.47 Å². The molecule has 2 aromatic carbocycles. The summed E-state index contributed by atoms with van der Waals surface area (Å²) < 4.78 is 9.82. The van der Waals surface area contributed by atoms with E-state index >= 15 is 0 Å². The number of benzene rings is 2. The van der Waals surface area contributed by atoms with Gasteiger partial charge >= 0.3 is 0 Å². The molecule has 4 rings (SSSR count). The molecule has 1 fully saturated rings. The first-order valence-corrected chi connectivity index (χ1v) is 9.77. The summed E-state index contributed by atoms with van der Waals surface area (Å²) in [5, 5.41) is 5.40. The van der Waals surface area contributed by atoms with E-state index in [9.17, 15) is 0 Å². The van der Waals surface area contributed by atoms with Gasteiger partial charge in [0.2, 0.25) is 4.77 Å². The van der Waals surface area contributed by atoms with Crippen LogP contribution in [-0.2, 0) is 6.67 Å². The normalized spacial score (nSPS) is 14.6. The lowest BCUT2D eigenvalue weighted by atomic mass is 10.2. The van der Waals surface area contributed by atoms with E-state index in [-0.39, 0.29) is 0 Å². The van der Waals surface area contributed by atoms with E-state index in [4.69, 9.17) is 33.7 Å². The van der Waals surface area contributed by atoms with Gasteiger partial charge in [0.25, 0.3) is 0 Å². The van der Waals surface area contributed by atoms with E-state index in [1.165, 1.54) is 12.8 Å². The van der Waals surface area contributed by atoms with Gasteiger partial charge in [0.05, 0.1) is 24.5 Å². The second-order valence-electron chi connectivity index (χ2n) is 6.59. The van der Waals surface area contributed by atoms with Gasteiger partial charge in [-0.15, -0.1) is 5.10 Å². The van der Waals surface area contributed by atoms with Gasteiger partial charge in [-0.1, -0.05) is 41.9 Å². The highest BCUT2D eigenvalue weighted by atomic mass is 35.5. The first-order valence-electron chi connectivity index (χ1n) is 8.99. The SMILES string of the molecule is COc1ccc(-n2c(-c3ccccc3)nn(CN3CCCC3)c2=S)cc1Cl. The van der Waals surface area contributed by atoms with Crippen molar-refractivity contribution in [3.8, 4) is 22.8 Å². The molecule has 1 saturated heterocycles. The molecule has 3 aromatic rings. The Balaban J connectivity index is 1.84. The molecule has 0 aliphatic carbocycles. The third kappa shape index (κ3) is 3.65. The highest BCUT2D eigenvalue weighted by Crippen LogP contribution is 2.29. The molecule has 0 radical (unpaired) electrons. The van der Waals surface area contributed by atoms with Crippen LogP contribution in [0.5, 0.6) is 5.75 Å². The molecule has 0 spiro atoms. The van der Waals surface area contributed by atoms with Gasteiger partial charge in [0.15, 0.2) is 5.82 Å². The van der Waals surface area contributed by atoms with Crippen molar-refractivity contribution in [3.05, 3.63) is 58.3 Å². The number of methoxy groups -OCH3 is 1. The third-order valence-corrected chi connectivity index (χ3v) is 5.49. The number of aromatic nitrogens is 3. The lowest BCUT2D eigenvalue weighted by Crippen LogP contribution is -2.23. The number of ether oxygens (including phenoxy) is 1. The molecule has 0 saturated carbocycles. The Labute approximate surface area is 168 Å². The number of nitrogens with zero attached hydrogens (tertiary/aromatic N) is 4. The molecule has 5 nitrogen and oxygen atoms in total. The Kier molecular flexibility index (Phi) is 5.29. The first kappa shape index (κ1) is 18.2. The van der Waals surface area contributed by atoms with Crippen LogP contribution in [0.3, 0.4) is 0 Å². The van der Waals surface area contributed by atoms with Crippen molar-refractivity contribution >= 4 is 23.8 Å². The van der Waals surface area contributed by atoms with Gasteiger partial charge in [-0.2, -0.15) is 0 Å². The van der Waals surface area contributed by atoms with Crippen LogP contribution in [0.1, 0.15) is 12.8 Å². The summed E-state index contributed by atoms with van der Waals surface area (Å²) >= 11 is 12.2. The molecule has 1 aliphatic heterocycles. The Morgan fingerprint density at radius 3 is 2.52 bits per heavy atom. The van der Waals surface area contributed by atoms with Crippen LogP contribution in [0.25, 0.3) is 17.1 Å². The van der Waals surface area contributed by atoms with Crippen molar-refractivity contribution in [3.63, 3.8) is 0 Å². The number of hydrogen-bond acceptors (Lipinski definition) is 4. The zero-order valence-electron chi connectivity index (χ0n) is 15.1. The molecular weight excluding hydrogens is 380 g/mol. The first-order chi connectivity index (χ1) is 13.2. The summed E-state index contributed by atoms with van der Waals surface area (Å²) in [7, 11) is 1.61. The number of rotatable bonds is 5. The fraction of sp³-hybridized carbons (Fsp3) is 0.300. The van der Waals surface area contributed by atoms with Crippen LogP contribution in [-0.4, -0.2) is 39.4 Å². The van der Waals surface area contributed by atoms with Crippen LogP contribution in [0.2, 0.25) is 5.02 Å². The maximum absolute atomic E-state index is 6.37. The fourth-order valence-corrected chi connectivity index (χ4v) is 3.96. The van der Waals surface area contributed by atoms with E-state index in [1.807, 2.05) is 57.8 Å². The van der Waals surface area contributed by atoms with E-state index in [1.54, 1.807) is 7.11 Å². The predicted octanol–water partition coefficient (Wildman–Crippen LogP) is 4.79.